The first kappa shape index (κ1) is 25.7. The average molecular weight is 560 g/mol. The lowest BCUT2D eigenvalue weighted by Gasteiger charge is -2.35. The molecule has 3 N–H and O–H groups in total. The lowest BCUT2D eigenvalue weighted by molar-refractivity contribution is 0.0628. The summed E-state index contributed by atoms with van der Waals surface area (Å²) >= 11 is 0. The van der Waals surface area contributed by atoms with Crippen LogP contribution in [0.25, 0.3) is 0 Å². The van der Waals surface area contributed by atoms with Gasteiger partial charge in [0.15, 0.2) is 17.3 Å². The third-order valence-electron chi connectivity index (χ3n) is 7.82. The first-order valence-corrected chi connectivity index (χ1v) is 13.8. The molecule has 42 heavy (non-hydrogen) atoms. The number of amides is 1. The largest absolute Gasteiger partial charge is 0.454 e. The number of rotatable bonds is 4. The number of amidine groups is 2. The molecule has 0 bridgehead atoms. The number of nitrogens with one attached hydrogen (secondary N) is 3. The summed E-state index contributed by atoms with van der Waals surface area (Å²) in [7, 11) is 0. The van der Waals surface area contributed by atoms with Crippen LogP contribution in [0.15, 0.2) is 85.1 Å². The third-order valence-corrected chi connectivity index (χ3v) is 7.82. The van der Waals surface area contributed by atoms with Crippen LogP contribution in [0.2, 0.25) is 0 Å². The molecule has 4 heterocycles. The Bertz CT molecular complexity index is 1700. The lowest BCUT2D eigenvalue weighted by Crippen LogP contribution is -2.48. The molecule has 7 rings (SSSR count). The Hall–Kier alpha value is -5.22. The second-order valence-corrected chi connectivity index (χ2v) is 10.4. The molecule has 1 fully saturated rings. The number of piperazine rings is 1. The smallest absolute Gasteiger partial charge is 0.254 e. The number of aromatic nitrogens is 1. The zero-order valence-corrected chi connectivity index (χ0v) is 22.8. The second kappa shape index (κ2) is 10.6. The third kappa shape index (κ3) is 4.71. The van der Waals surface area contributed by atoms with Gasteiger partial charge in [0.25, 0.3) is 5.91 Å². The Labute approximate surface area is 243 Å². The number of nitrogens with zero attached hydrogens (tertiary/aromatic N) is 4. The molecule has 0 atom stereocenters. The zero-order valence-electron chi connectivity index (χ0n) is 22.8. The first-order chi connectivity index (χ1) is 20.5. The van der Waals surface area contributed by atoms with Gasteiger partial charge in [0.2, 0.25) is 6.79 Å². The van der Waals surface area contributed by atoms with Gasteiger partial charge in [-0.1, -0.05) is 36.4 Å². The zero-order chi connectivity index (χ0) is 28.6. The van der Waals surface area contributed by atoms with Crippen molar-refractivity contribution in [3.63, 3.8) is 0 Å². The van der Waals surface area contributed by atoms with Gasteiger partial charge in [0.05, 0.1) is 11.4 Å². The molecular weight excluding hydrogens is 530 g/mol. The molecule has 4 aromatic rings. The highest BCUT2D eigenvalue weighted by Crippen LogP contribution is 2.35. The molecule has 3 aliphatic heterocycles. The van der Waals surface area contributed by atoms with Gasteiger partial charge in [0.1, 0.15) is 11.7 Å². The van der Waals surface area contributed by atoms with Crippen molar-refractivity contribution in [3.8, 4) is 11.5 Å². The van der Waals surface area contributed by atoms with E-state index in [4.69, 9.17) is 20.3 Å². The molecule has 1 amide bonds. The molecule has 0 saturated carbocycles. The van der Waals surface area contributed by atoms with E-state index < -0.39 is 0 Å². The number of fused-ring (bicyclic) bond motifs is 3. The molecule has 10 heteroatoms. The summed E-state index contributed by atoms with van der Waals surface area (Å²) in [6.07, 6.45) is 1.70. The Morgan fingerprint density at radius 2 is 1.64 bits per heavy atom. The molecule has 0 spiro atoms. The molecule has 3 aromatic carbocycles. The SMILES string of the molecule is N=C(c1ccc(CN2CCN(C(=O)c3ccc4c(c3)OCO4)CC2)cc1)N1C(=N)c2ccccc2Nc2ncccc21. The van der Waals surface area contributed by atoms with Gasteiger partial charge >= 0.3 is 0 Å². The standard InChI is InChI=1S/C32H29N7O3/c33-29(39-26-6-3-13-35-31(26)36-25-5-2-1-4-24(25)30(39)34)22-9-7-21(8-10-22)19-37-14-16-38(17-15-37)32(40)23-11-12-27-28(18-23)42-20-41-27/h1-13,18,33-34H,14-17,19-20H2,(H,35,36). The number of hydrogen-bond donors (Lipinski definition) is 3. The van der Waals surface area contributed by atoms with E-state index in [-0.39, 0.29) is 24.4 Å². The Balaban J connectivity index is 1.01. The van der Waals surface area contributed by atoms with Crippen molar-refractivity contribution in [2.45, 2.75) is 6.54 Å². The molecule has 1 saturated heterocycles. The van der Waals surface area contributed by atoms with E-state index in [1.807, 2.05) is 65.6 Å². The predicted molar refractivity (Wildman–Crippen MR) is 160 cm³/mol. The maximum absolute atomic E-state index is 13.1. The maximum Gasteiger partial charge on any atom is 0.254 e. The quantitative estimate of drug-likeness (QED) is 0.245. The normalized spacial score (nSPS) is 15.9. The minimum atomic E-state index is 0.00416. The van der Waals surface area contributed by atoms with Crippen LogP contribution in [0.4, 0.5) is 17.2 Å². The molecular formula is C32H29N7O3. The van der Waals surface area contributed by atoms with E-state index in [9.17, 15) is 4.79 Å². The van der Waals surface area contributed by atoms with Crippen LogP contribution in [-0.4, -0.2) is 65.3 Å². The maximum atomic E-state index is 13.1. The van der Waals surface area contributed by atoms with Gasteiger partial charge in [-0.15, -0.1) is 0 Å². The summed E-state index contributed by atoms with van der Waals surface area (Å²) in [5.41, 5.74) is 4.58. The monoisotopic (exact) mass is 559 g/mol. The van der Waals surface area contributed by atoms with Crippen LogP contribution in [-0.2, 0) is 6.54 Å². The van der Waals surface area contributed by atoms with Crippen molar-refractivity contribution in [3.05, 3.63) is 107 Å². The number of anilines is 3. The summed E-state index contributed by atoms with van der Waals surface area (Å²) in [6.45, 7) is 3.78. The fourth-order valence-corrected chi connectivity index (χ4v) is 5.55. The van der Waals surface area contributed by atoms with Crippen LogP contribution in [0.1, 0.15) is 27.0 Å². The molecule has 0 aliphatic carbocycles. The van der Waals surface area contributed by atoms with Crippen molar-refractivity contribution in [2.24, 2.45) is 0 Å². The van der Waals surface area contributed by atoms with Gasteiger partial charge in [0, 0.05) is 55.6 Å². The predicted octanol–water partition coefficient (Wildman–Crippen LogP) is 4.68. The van der Waals surface area contributed by atoms with E-state index in [0.29, 0.717) is 52.8 Å². The van der Waals surface area contributed by atoms with Gasteiger partial charge in [-0.25, -0.2) is 4.98 Å². The number of benzene rings is 3. The molecule has 210 valence electrons. The minimum absolute atomic E-state index is 0.00416. The number of ether oxygens (including phenoxy) is 2. The molecule has 1 aromatic heterocycles. The minimum Gasteiger partial charge on any atom is -0.454 e. The highest BCUT2D eigenvalue weighted by Gasteiger charge is 2.28. The van der Waals surface area contributed by atoms with Gasteiger partial charge in [-0.05, 0) is 48.0 Å². The van der Waals surface area contributed by atoms with Crippen LogP contribution in [0, 0.1) is 10.8 Å². The summed E-state index contributed by atoms with van der Waals surface area (Å²) in [5.74, 6) is 2.31. The lowest BCUT2D eigenvalue weighted by atomic mass is 10.1. The summed E-state index contributed by atoms with van der Waals surface area (Å²) in [6, 6.07) is 24.6. The number of carbonyl (C=O) groups excluding carboxylic acids is 1. The van der Waals surface area contributed by atoms with Crippen molar-refractivity contribution in [2.75, 3.05) is 43.2 Å². The van der Waals surface area contributed by atoms with E-state index >= 15 is 0 Å². The fraction of sp³-hybridized carbons (Fsp3) is 0.188. The Kier molecular flexibility index (Phi) is 6.52. The van der Waals surface area contributed by atoms with Gasteiger partial charge < -0.3 is 19.7 Å². The topological polar surface area (TPSA) is 118 Å². The van der Waals surface area contributed by atoms with Crippen molar-refractivity contribution in [1.29, 1.82) is 10.8 Å². The molecule has 10 nitrogen and oxygen atoms in total. The van der Waals surface area contributed by atoms with Gasteiger partial charge in [-0.3, -0.25) is 25.4 Å². The number of carbonyl (C=O) groups is 1. The van der Waals surface area contributed by atoms with E-state index in [0.717, 1.165) is 30.9 Å². The fourth-order valence-electron chi connectivity index (χ4n) is 5.55. The molecule has 0 unspecified atom stereocenters. The molecule has 0 radical (unpaired) electrons. The van der Waals surface area contributed by atoms with E-state index in [2.05, 4.69) is 15.2 Å². The Morgan fingerprint density at radius 1 is 0.881 bits per heavy atom. The van der Waals surface area contributed by atoms with Crippen LogP contribution in [0.3, 0.4) is 0 Å². The first-order valence-electron chi connectivity index (χ1n) is 13.8. The van der Waals surface area contributed by atoms with Crippen molar-refractivity contribution >= 4 is 34.8 Å². The van der Waals surface area contributed by atoms with E-state index in [1.165, 1.54) is 0 Å². The van der Waals surface area contributed by atoms with E-state index in [1.54, 1.807) is 29.3 Å². The summed E-state index contributed by atoms with van der Waals surface area (Å²) in [5, 5.41) is 21.4. The number of pyridine rings is 1. The van der Waals surface area contributed by atoms with Gasteiger partial charge in [-0.2, -0.15) is 0 Å². The number of para-hydroxylation sites is 1. The van der Waals surface area contributed by atoms with Crippen molar-refractivity contribution < 1.29 is 14.3 Å². The highest BCUT2D eigenvalue weighted by atomic mass is 16.7. The Morgan fingerprint density at radius 3 is 2.48 bits per heavy atom. The summed E-state index contributed by atoms with van der Waals surface area (Å²) in [4.78, 5) is 23.4. The van der Waals surface area contributed by atoms with Crippen LogP contribution in [0.5, 0.6) is 11.5 Å². The van der Waals surface area contributed by atoms with Crippen molar-refractivity contribution in [1.82, 2.24) is 14.8 Å². The van der Waals surface area contributed by atoms with Crippen LogP contribution < -0.4 is 19.7 Å². The van der Waals surface area contributed by atoms with Crippen LogP contribution >= 0.6 is 0 Å². The number of hydrogen-bond acceptors (Lipinski definition) is 8. The second-order valence-electron chi connectivity index (χ2n) is 10.4. The molecule has 3 aliphatic rings. The average Bonchev–Trinajstić information content (AvgIpc) is 3.46. The highest BCUT2D eigenvalue weighted by molar-refractivity contribution is 6.30. The summed E-state index contributed by atoms with van der Waals surface area (Å²) < 4.78 is 10.8.